The first kappa shape index (κ1) is 27.0. The maximum atomic E-state index is 13.9. The van der Waals surface area contributed by atoms with Crippen molar-refractivity contribution in [3.8, 4) is 5.75 Å². The van der Waals surface area contributed by atoms with E-state index in [2.05, 4.69) is 47.7 Å². The zero-order valence-corrected chi connectivity index (χ0v) is 24.1. The minimum Gasteiger partial charge on any atom is -0.494 e. The van der Waals surface area contributed by atoms with Gasteiger partial charge >= 0.3 is 5.97 Å². The van der Waals surface area contributed by atoms with Crippen molar-refractivity contribution in [3.05, 3.63) is 65.8 Å². The molecule has 4 aliphatic rings. The van der Waals surface area contributed by atoms with E-state index in [9.17, 15) is 9.59 Å². The Morgan fingerprint density at radius 1 is 1.15 bits per heavy atom. The Hall–Kier alpha value is -3.15. The molecule has 6 nitrogen and oxygen atoms in total. The van der Waals surface area contributed by atoms with Gasteiger partial charge in [0.2, 0.25) is 0 Å². The van der Waals surface area contributed by atoms with Crippen molar-refractivity contribution < 1.29 is 19.1 Å². The Morgan fingerprint density at radius 3 is 2.80 bits per heavy atom. The van der Waals surface area contributed by atoms with Crippen LogP contribution in [0.1, 0.15) is 77.7 Å². The summed E-state index contributed by atoms with van der Waals surface area (Å²) >= 11 is 0. The first-order valence-electron chi connectivity index (χ1n) is 15.1. The van der Waals surface area contributed by atoms with Crippen molar-refractivity contribution in [3.63, 3.8) is 0 Å². The van der Waals surface area contributed by atoms with Crippen molar-refractivity contribution in [1.82, 2.24) is 9.55 Å². The minimum absolute atomic E-state index is 0.0150. The van der Waals surface area contributed by atoms with Crippen LogP contribution in [0.5, 0.6) is 5.75 Å². The average molecular weight is 543 g/mol. The normalized spacial score (nSPS) is 34.0. The lowest BCUT2D eigenvalue weighted by molar-refractivity contribution is -0.148. The van der Waals surface area contributed by atoms with Gasteiger partial charge in [0.05, 0.1) is 12.9 Å². The quantitative estimate of drug-likeness (QED) is 0.166. The number of carbonyl (C=O) groups excluding carboxylic acids is 2. The minimum atomic E-state index is -0.273. The highest BCUT2D eigenvalue weighted by atomic mass is 16.5. The van der Waals surface area contributed by atoms with Crippen molar-refractivity contribution in [1.29, 1.82) is 0 Å². The molecule has 0 unspecified atom stereocenters. The number of esters is 1. The summed E-state index contributed by atoms with van der Waals surface area (Å²) in [5.74, 6) is 2.52. The average Bonchev–Trinajstić information content (AvgIpc) is 3.53. The second-order valence-corrected chi connectivity index (χ2v) is 13.0. The summed E-state index contributed by atoms with van der Waals surface area (Å²) in [4.78, 5) is 29.5. The van der Waals surface area contributed by atoms with E-state index < -0.39 is 0 Å². The number of nitrogens with zero attached hydrogens (tertiary/aromatic N) is 2. The second kappa shape index (κ2) is 10.7. The highest BCUT2D eigenvalue weighted by Gasteiger charge is 2.60. The number of allylic oxidation sites excluding steroid dienone is 2. The number of aryl methyl sites for hydroxylation is 1. The first-order chi connectivity index (χ1) is 19.3. The molecule has 0 amide bonds. The van der Waals surface area contributed by atoms with Gasteiger partial charge in [-0.1, -0.05) is 37.6 Å². The molecule has 6 heteroatoms. The number of imidazole rings is 1. The van der Waals surface area contributed by atoms with Crippen LogP contribution in [-0.2, 0) is 20.9 Å². The van der Waals surface area contributed by atoms with Crippen LogP contribution in [0.3, 0.4) is 0 Å². The summed E-state index contributed by atoms with van der Waals surface area (Å²) in [6.45, 7) is 7.70. The van der Waals surface area contributed by atoms with Crippen molar-refractivity contribution in [2.45, 2.75) is 84.8 Å². The van der Waals surface area contributed by atoms with Crippen LogP contribution in [0.4, 0.5) is 0 Å². The van der Waals surface area contributed by atoms with E-state index in [0.29, 0.717) is 30.1 Å². The molecule has 2 aromatic rings. The van der Waals surface area contributed by atoms with Gasteiger partial charge in [-0.05, 0) is 97.5 Å². The molecule has 0 bridgehead atoms. The first-order valence-corrected chi connectivity index (χ1v) is 15.1. The third-order valence-electron chi connectivity index (χ3n) is 10.6. The maximum Gasteiger partial charge on any atom is 0.302 e. The Bertz CT molecular complexity index is 1330. The molecule has 40 heavy (non-hydrogen) atoms. The third-order valence-corrected chi connectivity index (χ3v) is 10.6. The van der Waals surface area contributed by atoms with Crippen LogP contribution in [0.2, 0.25) is 0 Å². The topological polar surface area (TPSA) is 70.4 Å². The van der Waals surface area contributed by atoms with E-state index in [1.807, 2.05) is 24.7 Å². The van der Waals surface area contributed by atoms with Crippen molar-refractivity contribution in [2.24, 2.45) is 28.6 Å². The lowest BCUT2D eigenvalue weighted by atomic mass is 9.48. The molecule has 6 atom stereocenters. The van der Waals surface area contributed by atoms with E-state index in [1.54, 1.807) is 6.20 Å². The third kappa shape index (κ3) is 4.95. The van der Waals surface area contributed by atoms with Crippen LogP contribution < -0.4 is 4.74 Å². The molecule has 3 fully saturated rings. The number of carbonyl (C=O) groups is 2. The number of fused-ring (bicyclic) bond motifs is 5. The number of benzene rings is 1. The fourth-order valence-electron chi connectivity index (χ4n) is 8.51. The summed E-state index contributed by atoms with van der Waals surface area (Å²) in [5.41, 5.74) is 3.38. The molecular weight excluding hydrogens is 500 g/mol. The molecule has 212 valence electrons. The summed E-state index contributed by atoms with van der Waals surface area (Å²) in [5, 5.41) is 0. The van der Waals surface area contributed by atoms with Gasteiger partial charge in [0.25, 0.3) is 0 Å². The summed E-state index contributed by atoms with van der Waals surface area (Å²) in [6, 6.07) is 8.14. The highest BCUT2D eigenvalue weighted by Crippen LogP contribution is 2.64. The van der Waals surface area contributed by atoms with E-state index in [4.69, 9.17) is 9.47 Å². The Balaban J connectivity index is 1.15. The molecule has 1 heterocycles. The van der Waals surface area contributed by atoms with Gasteiger partial charge in [-0.25, -0.2) is 4.98 Å². The molecule has 0 aliphatic heterocycles. The SMILES string of the molecule is CC(=O)O[C@H]1CC[C@@]2(C)C(=CC[C@@H]3[C@@H]2CC[C@]2(C)C(=O)/C(=C/c4cccc(OCCCn5ccnc5)c4)C[C@@H]32)C1. The smallest absolute Gasteiger partial charge is 0.302 e. The van der Waals surface area contributed by atoms with Gasteiger partial charge in [-0.15, -0.1) is 0 Å². The lowest BCUT2D eigenvalue weighted by Gasteiger charge is -2.56. The van der Waals surface area contributed by atoms with Gasteiger partial charge in [-0.3, -0.25) is 9.59 Å². The number of hydrogen-bond acceptors (Lipinski definition) is 5. The molecule has 1 aromatic heterocycles. The lowest BCUT2D eigenvalue weighted by Crippen LogP contribution is -2.50. The molecule has 3 saturated carbocycles. The second-order valence-electron chi connectivity index (χ2n) is 13.0. The molecule has 0 N–H and O–H groups in total. The van der Waals surface area contributed by atoms with E-state index in [0.717, 1.165) is 74.8 Å². The summed E-state index contributed by atoms with van der Waals surface area (Å²) < 4.78 is 13.7. The van der Waals surface area contributed by atoms with Crippen LogP contribution in [0.15, 0.2) is 60.2 Å². The predicted molar refractivity (Wildman–Crippen MR) is 154 cm³/mol. The summed E-state index contributed by atoms with van der Waals surface area (Å²) in [6.07, 6.45) is 17.9. The number of rotatable bonds is 7. The van der Waals surface area contributed by atoms with Crippen LogP contribution in [0, 0.1) is 28.6 Å². The predicted octanol–water partition coefficient (Wildman–Crippen LogP) is 6.81. The maximum absolute atomic E-state index is 13.9. The van der Waals surface area contributed by atoms with Crippen molar-refractivity contribution in [2.75, 3.05) is 6.61 Å². The zero-order valence-electron chi connectivity index (χ0n) is 24.1. The Kier molecular flexibility index (Phi) is 7.22. The largest absolute Gasteiger partial charge is 0.494 e. The zero-order chi connectivity index (χ0) is 27.9. The highest BCUT2D eigenvalue weighted by molar-refractivity contribution is 6.06. The standard InChI is InChI=1S/C34H42N2O4/c1-23(37)40-28-10-12-33(2)26(21-28)8-9-29-30(33)11-13-34(3)31(29)20-25(32(34)38)18-24-6-4-7-27(19-24)39-17-5-15-36-16-14-35-22-36/h4,6-8,14,16,18-19,22,28-31H,5,9-13,15,17,20-21H2,1-3H3/b25-18+/t28-,29+,30-,31-,33-,34-/m0/s1. The number of Topliss-reactive ketones (excluding diaryl/α,β-unsaturated/α-hetero) is 1. The van der Waals surface area contributed by atoms with Gasteiger partial charge in [-0.2, -0.15) is 0 Å². The van der Waals surface area contributed by atoms with Crippen LogP contribution in [-0.4, -0.2) is 34.0 Å². The number of hydrogen-bond donors (Lipinski definition) is 0. The van der Waals surface area contributed by atoms with Gasteiger partial charge in [0, 0.05) is 37.7 Å². The fraction of sp³-hybridized carbons (Fsp3) is 0.559. The number of aromatic nitrogens is 2. The number of ketones is 1. The van der Waals surface area contributed by atoms with Crippen LogP contribution in [0.25, 0.3) is 6.08 Å². The van der Waals surface area contributed by atoms with Gasteiger partial charge < -0.3 is 14.0 Å². The molecule has 0 saturated heterocycles. The molecule has 1 aromatic carbocycles. The number of ether oxygens (including phenoxy) is 2. The van der Waals surface area contributed by atoms with E-state index >= 15 is 0 Å². The van der Waals surface area contributed by atoms with E-state index in [-0.39, 0.29) is 22.9 Å². The molecular formula is C34H42N2O4. The molecule has 4 aliphatic carbocycles. The van der Waals surface area contributed by atoms with Crippen molar-refractivity contribution >= 4 is 17.8 Å². The summed E-state index contributed by atoms with van der Waals surface area (Å²) in [7, 11) is 0. The molecule has 0 radical (unpaired) electrons. The molecule has 6 rings (SSSR count). The monoisotopic (exact) mass is 542 g/mol. The van der Waals surface area contributed by atoms with Gasteiger partial charge in [0.15, 0.2) is 5.78 Å². The molecule has 0 spiro atoms. The Labute approximate surface area is 237 Å². The van der Waals surface area contributed by atoms with Gasteiger partial charge in [0.1, 0.15) is 11.9 Å². The van der Waals surface area contributed by atoms with Crippen LogP contribution >= 0.6 is 0 Å². The Morgan fingerprint density at radius 2 is 2.00 bits per heavy atom. The van der Waals surface area contributed by atoms with E-state index in [1.165, 1.54) is 12.5 Å². The fourth-order valence-corrected chi connectivity index (χ4v) is 8.51.